The summed E-state index contributed by atoms with van der Waals surface area (Å²) >= 11 is 0. The first-order chi connectivity index (χ1) is 11.4. The lowest BCUT2D eigenvalue weighted by atomic mass is 10.1. The van der Waals surface area contributed by atoms with E-state index in [2.05, 4.69) is 20.9 Å². The van der Waals surface area contributed by atoms with Crippen molar-refractivity contribution in [2.24, 2.45) is 5.92 Å². The zero-order chi connectivity index (χ0) is 17.7. The Morgan fingerprint density at radius 2 is 2.29 bits per heavy atom. The largest absolute Gasteiger partial charge is 0.449 e. The van der Waals surface area contributed by atoms with Crippen molar-refractivity contribution in [2.75, 3.05) is 27.2 Å². The third-order valence-electron chi connectivity index (χ3n) is 3.85. The van der Waals surface area contributed by atoms with Crippen LogP contribution in [-0.4, -0.2) is 65.2 Å². The van der Waals surface area contributed by atoms with E-state index >= 15 is 0 Å². The Bertz CT molecular complexity index is 573. The Hall–Kier alpha value is -2.16. The topological polar surface area (TPSA) is 101 Å². The molecule has 0 bridgehead atoms. The van der Waals surface area contributed by atoms with E-state index in [1.165, 1.54) is 4.90 Å². The van der Waals surface area contributed by atoms with Crippen LogP contribution in [0, 0.1) is 5.92 Å². The highest BCUT2D eigenvalue weighted by Gasteiger charge is 2.30. The van der Waals surface area contributed by atoms with E-state index in [0.29, 0.717) is 37.7 Å². The number of rotatable bonds is 6. The molecule has 2 rings (SSSR count). The van der Waals surface area contributed by atoms with Crippen LogP contribution < -0.4 is 10.6 Å². The molecule has 0 radical (unpaired) electrons. The van der Waals surface area contributed by atoms with Crippen LogP contribution in [-0.2, 0) is 16.1 Å². The second kappa shape index (κ2) is 8.09. The Morgan fingerprint density at radius 1 is 1.54 bits per heavy atom. The van der Waals surface area contributed by atoms with Crippen molar-refractivity contribution in [3.05, 3.63) is 11.9 Å². The van der Waals surface area contributed by atoms with Gasteiger partial charge < -0.3 is 20.3 Å². The number of amides is 2. The van der Waals surface area contributed by atoms with Crippen LogP contribution in [0.25, 0.3) is 0 Å². The molecule has 1 aliphatic rings. The van der Waals surface area contributed by atoms with Gasteiger partial charge in [0.1, 0.15) is 5.69 Å². The number of hydrogen-bond acceptors (Lipinski definition) is 6. The van der Waals surface area contributed by atoms with Gasteiger partial charge in [-0.15, -0.1) is 5.10 Å². The minimum Gasteiger partial charge on any atom is -0.449 e. The van der Waals surface area contributed by atoms with Crippen LogP contribution in [0.2, 0.25) is 0 Å². The summed E-state index contributed by atoms with van der Waals surface area (Å²) in [5, 5.41) is 14.0. The van der Waals surface area contributed by atoms with E-state index in [9.17, 15) is 9.59 Å². The van der Waals surface area contributed by atoms with Gasteiger partial charge in [0.05, 0.1) is 31.4 Å². The molecule has 1 aromatic rings. The third-order valence-corrected chi connectivity index (χ3v) is 3.85. The maximum atomic E-state index is 11.9. The van der Waals surface area contributed by atoms with E-state index in [4.69, 9.17) is 4.74 Å². The molecule has 24 heavy (non-hydrogen) atoms. The lowest BCUT2D eigenvalue weighted by molar-refractivity contribution is -0.122. The predicted molar refractivity (Wildman–Crippen MR) is 87.2 cm³/mol. The molecule has 2 heterocycles. The fraction of sp³-hybridized carbons (Fsp3) is 0.733. The van der Waals surface area contributed by atoms with Gasteiger partial charge in [0, 0.05) is 20.6 Å². The summed E-state index contributed by atoms with van der Waals surface area (Å²) in [6.45, 7) is 5.36. The van der Waals surface area contributed by atoms with E-state index < -0.39 is 0 Å². The molecule has 9 heteroatoms. The standard InChI is InChI=1S/C15H26N6O3/c1-10(2)9-24-15(23)20(4)7-11-8-21(19-18-11)12-5-13(17-6-12)14(22)16-3/h8,10,12-13,17H,5-7,9H2,1-4H3,(H,16,22)/t12-,13+/m1/s1. The fourth-order valence-corrected chi connectivity index (χ4v) is 2.51. The quantitative estimate of drug-likeness (QED) is 0.766. The molecule has 2 amide bonds. The first-order valence-electron chi connectivity index (χ1n) is 8.14. The zero-order valence-corrected chi connectivity index (χ0v) is 14.7. The average molecular weight is 338 g/mol. The van der Waals surface area contributed by atoms with Crippen LogP contribution in [0.3, 0.4) is 0 Å². The highest BCUT2D eigenvalue weighted by Crippen LogP contribution is 2.19. The van der Waals surface area contributed by atoms with Crippen LogP contribution in [0.15, 0.2) is 6.20 Å². The minimum absolute atomic E-state index is 0.0227. The number of carbonyl (C=O) groups excluding carboxylic acids is 2. The number of nitrogens with zero attached hydrogens (tertiary/aromatic N) is 4. The molecule has 0 unspecified atom stereocenters. The van der Waals surface area contributed by atoms with Crippen molar-refractivity contribution in [3.8, 4) is 0 Å². The molecule has 2 atom stereocenters. The van der Waals surface area contributed by atoms with Gasteiger partial charge in [-0.3, -0.25) is 4.79 Å². The lowest BCUT2D eigenvalue weighted by Gasteiger charge is -2.16. The minimum atomic E-state index is -0.375. The van der Waals surface area contributed by atoms with Crippen molar-refractivity contribution >= 4 is 12.0 Å². The molecule has 0 aromatic carbocycles. The highest BCUT2D eigenvalue weighted by molar-refractivity contribution is 5.81. The molecule has 0 aliphatic carbocycles. The summed E-state index contributed by atoms with van der Waals surface area (Å²) < 4.78 is 6.92. The van der Waals surface area contributed by atoms with E-state index in [0.717, 1.165) is 0 Å². The Labute approximate surface area is 141 Å². The van der Waals surface area contributed by atoms with E-state index in [1.807, 2.05) is 20.0 Å². The van der Waals surface area contributed by atoms with Crippen LogP contribution in [0.4, 0.5) is 4.79 Å². The molecular formula is C15H26N6O3. The SMILES string of the molecule is CNC(=O)[C@@H]1C[C@@H](n2cc(CN(C)C(=O)OCC(C)C)nn2)CN1. The van der Waals surface area contributed by atoms with Gasteiger partial charge in [0.25, 0.3) is 0 Å². The molecule has 134 valence electrons. The monoisotopic (exact) mass is 338 g/mol. The number of hydrogen-bond donors (Lipinski definition) is 2. The summed E-state index contributed by atoms with van der Waals surface area (Å²) in [7, 11) is 3.29. The molecule has 1 aliphatic heterocycles. The summed E-state index contributed by atoms with van der Waals surface area (Å²) in [5.41, 5.74) is 0.683. The number of ether oxygens (including phenoxy) is 1. The van der Waals surface area contributed by atoms with E-state index in [1.54, 1.807) is 18.8 Å². The fourth-order valence-electron chi connectivity index (χ4n) is 2.51. The van der Waals surface area contributed by atoms with Crippen LogP contribution in [0.1, 0.15) is 32.0 Å². The Kier molecular flexibility index (Phi) is 6.13. The molecule has 2 N–H and O–H groups in total. The molecule has 1 aromatic heterocycles. The van der Waals surface area contributed by atoms with Crippen molar-refractivity contribution in [1.82, 2.24) is 30.5 Å². The number of carbonyl (C=O) groups is 2. The molecule has 1 fully saturated rings. The maximum absolute atomic E-state index is 11.9. The normalized spacial score (nSPS) is 20.2. The van der Waals surface area contributed by atoms with Gasteiger partial charge in [-0.25, -0.2) is 9.48 Å². The zero-order valence-electron chi connectivity index (χ0n) is 14.7. The highest BCUT2D eigenvalue weighted by atomic mass is 16.6. The van der Waals surface area contributed by atoms with E-state index in [-0.39, 0.29) is 24.1 Å². The van der Waals surface area contributed by atoms with Gasteiger partial charge in [-0.05, 0) is 12.3 Å². The Morgan fingerprint density at radius 3 is 2.96 bits per heavy atom. The smallest absolute Gasteiger partial charge is 0.409 e. The van der Waals surface area contributed by atoms with Gasteiger partial charge in [0.2, 0.25) is 5.91 Å². The predicted octanol–water partition coefficient (Wildman–Crippen LogP) is 0.152. The number of aromatic nitrogens is 3. The second-order valence-electron chi connectivity index (χ2n) is 6.48. The second-order valence-corrected chi connectivity index (χ2v) is 6.48. The molecule has 1 saturated heterocycles. The first kappa shape index (κ1) is 18.2. The summed E-state index contributed by atoms with van der Waals surface area (Å²) in [4.78, 5) is 25.0. The summed E-state index contributed by atoms with van der Waals surface area (Å²) in [6, 6.07) is -0.131. The van der Waals surface area contributed by atoms with Crippen molar-refractivity contribution in [3.63, 3.8) is 0 Å². The first-order valence-corrected chi connectivity index (χ1v) is 8.14. The number of likely N-dealkylation sites (N-methyl/N-ethyl adjacent to an activating group) is 1. The number of nitrogens with one attached hydrogen (secondary N) is 2. The van der Waals surface area contributed by atoms with Gasteiger partial charge in [0.15, 0.2) is 0 Å². The van der Waals surface area contributed by atoms with Gasteiger partial charge in [-0.2, -0.15) is 0 Å². The Balaban J connectivity index is 1.87. The molecule has 9 nitrogen and oxygen atoms in total. The van der Waals surface area contributed by atoms with Crippen molar-refractivity contribution < 1.29 is 14.3 Å². The summed E-state index contributed by atoms with van der Waals surface area (Å²) in [6.07, 6.45) is 2.10. The maximum Gasteiger partial charge on any atom is 0.409 e. The van der Waals surface area contributed by atoms with Gasteiger partial charge >= 0.3 is 6.09 Å². The van der Waals surface area contributed by atoms with Crippen LogP contribution >= 0.6 is 0 Å². The van der Waals surface area contributed by atoms with Crippen LogP contribution in [0.5, 0.6) is 0 Å². The molecule has 0 spiro atoms. The average Bonchev–Trinajstić information content (AvgIpc) is 3.20. The summed E-state index contributed by atoms with van der Waals surface area (Å²) in [5.74, 6) is 0.275. The lowest BCUT2D eigenvalue weighted by Crippen LogP contribution is -2.38. The third kappa shape index (κ3) is 4.67. The van der Waals surface area contributed by atoms with Gasteiger partial charge in [-0.1, -0.05) is 19.1 Å². The molecular weight excluding hydrogens is 312 g/mol. The van der Waals surface area contributed by atoms with Crippen molar-refractivity contribution in [1.29, 1.82) is 0 Å². The van der Waals surface area contributed by atoms with Crippen molar-refractivity contribution in [2.45, 2.75) is 38.9 Å². The molecule has 0 saturated carbocycles.